The van der Waals surface area contributed by atoms with E-state index in [0.717, 1.165) is 91.3 Å². The number of carbonyl (C=O) groups is 1. The van der Waals surface area contributed by atoms with Crippen molar-refractivity contribution in [1.29, 1.82) is 0 Å². The first-order valence-corrected chi connectivity index (χ1v) is 9.23. The lowest BCUT2D eigenvalue weighted by Gasteiger charge is -2.22. The van der Waals surface area contributed by atoms with Crippen LogP contribution in [-0.4, -0.2) is 20.7 Å². The van der Waals surface area contributed by atoms with Crippen molar-refractivity contribution in [1.82, 2.24) is 4.98 Å². The average Bonchev–Trinajstić information content (AvgIpc) is 3.15. The smallest absolute Gasteiger partial charge is 0.289 e. The molecule has 0 unspecified atom stereocenters. The molecule has 2 aliphatic carbocycles. The number of rotatable bonds is 4. The summed E-state index contributed by atoms with van der Waals surface area (Å²) in [5, 5.41) is 25.2. The molecule has 0 saturated carbocycles. The lowest BCUT2D eigenvalue weighted by molar-refractivity contribution is -0.394. The number of aromatic nitrogens is 1. The minimum Gasteiger partial charge on any atom is -0.321 e. The van der Waals surface area contributed by atoms with Gasteiger partial charge >= 0.3 is 0 Å². The molecule has 9 heteroatoms. The van der Waals surface area contributed by atoms with Crippen molar-refractivity contribution >= 4 is 23.0 Å². The van der Waals surface area contributed by atoms with Crippen molar-refractivity contribution in [2.75, 3.05) is 5.32 Å². The van der Waals surface area contributed by atoms with Crippen LogP contribution in [0.4, 0.5) is 17.1 Å². The van der Waals surface area contributed by atoms with E-state index in [4.69, 9.17) is 4.98 Å². The van der Waals surface area contributed by atoms with Gasteiger partial charge in [-0.25, -0.2) is 0 Å². The molecule has 1 aromatic heterocycles. The van der Waals surface area contributed by atoms with Crippen molar-refractivity contribution in [2.24, 2.45) is 0 Å². The summed E-state index contributed by atoms with van der Waals surface area (Å²) >= 11 is 0. The van der Waals surface area contributed by atoms with Crippen molar-refractivity contribution in [3.63, 3.8) is 0 Å². The van der Waals surface area contributed by atoms with E-state index < -0.39 is 27.1 Å². The van der Waals surface area contributed by atoms with Gasteiger partial charge in [0.25, 0.3) is 17.3 Å². The number of hydrogen-bond donors (Lipinski definition) is 1. The maximum Gasteiger partial charge on any atom is 0.289 e. The lowest BCUT2D eigenvalue weighted by atomic mass is 9.92. The van der Waals surface area contributed by atoms with E-state index in [0.29, 0.717) is 0 Å². The van der Waals surface area contributed by atoms with Gasteiger partial charge in [-0.05, 0) is 62.1 Å². The molecule has 0 aliphatic heterocycles. The van der Waals surface area contributed by atoms with Gasteiger partial charge in [0.1, 0.15) is 5.56 Å². The molecule has 0 fully saturated rings. The summed E-state index contributed by atoms with van der Waals surface area (Å²) in [4.78, 5) is 38.5. The van der Waals surface area contributed by atoms with E-state index in [9.17, 15) is 25.0 Å². The van der Waals surface area contributed by atoms with Crippen molar-refractivity contribution in [2.45, 2.75) is 44.9 Å². The average molecular weight is 382 g/mol. The molecule has 0 bridgehead atoms. The monoisotopic (exact) mass is 382 g/mol. The first-order valence-electron chi connectivity index (χ1n) is 9.23. The Kier molecular flexibility index (Phi) is 4.50. The van der Waals surface area contributed by atoms with E-state index in [1.807, 2.05) is 0 Å². The third-order valence-electron chi connectivity index (χ3n) is 5.37. The normalized spacial score (nSPS) is 14.9. The largest absolute Gasteiger partial charge is 0.321 e. The van der Waals surface area contributed by atoms with Gasteiger partial charge in [-0.2, -0.15) is 0 Å². The number of hydrogen-bond acceptors (Lipinski definition) is 6. The minimum atomic E-state index is -0.769. The molecular formula is C19H18N4O5. The van der Waals surface area contributed by atoms with E-state index in [2.05, 4.69) is 5.32 Å². The van der Waals surface area contributed by atoms with Gasteiger partial charge in [0, 0.05) is 17.5 Å². The molecule has 4 rings (SSSR count). The van der Waals surface area contributed by atoms with E-state index in [1.54, 1.807) is 0 Å². The third kappa shape index (κ3) is 3.08. The second-order valence-corrected chi connectivity index (χ2v) is 7.07. The summed E-state index contributed by atoms with van der Waals surface area (Å²) in [6.45, 7) is 0. The number of carbonyl (C=O) groups excluding carboxylic acids is 1. The zero-order valence-electron chi connectivity index (χ0n) is 15.1. The van der Waals surface area contributed by atoms with Crippen LogP contribution in [0, 0.1) is 20.2 Å². The van der Waals surface area contributed by atoms with Crippen LogP contribution in [0.5, 0.6) is 0 Å². The number of anilines is 1. The first-order chi connectivity index (χ1) is 13.5. The molecular weight excluding hydrogens is 364 g/mol. The second-order valence-electron chi connectivity index (χ2n) is 7.07. The van der Waals surface area contributed by atoms with Gasteiger partial charge in [0.15, 0.2) is 0 Å². The van der Waals surface area contributed by atoms with Crippen LogP contribution in [0.1, 0.15) is 52.1 Å². The van der Waals surface area contributed by atoms with Gasteiger partial charge in [0.2, 0.25) is 0 Å². The number of non-ortho nitro benzene ring substituents is 1. The number of nitrogens with zero attached hydrogens (tertiary/aromatic N) is 3. The summed E-state index contributed by atoms with van der Waals surface area (Å²) < 4.78 is 0. The molecule has 0 spiro atoms. The molecule has 2 aromatic rings. The molecule has 28 heavy (non-hydrogen) atoms. The van der Waals surface area contributed by atoms with Gasteiger partial charge < -0.3 is 5.32 Å². The van der Waals surface area contributed by atoms with Crippen LogP contribution >= 0.6 is 0 Å². The number of aryl methyl sites for hydroxylation is 2. The van der Waals surface area contributed by atoms with Gasteiger partial charge in [0.05, 0.1) is 21.6 Å². The number of pyridine rings is 1. The number of nitro benzene ring substituents is 2. The Morgan fingerprint density at radius 2 is 1.57 bits per heavy atom. The molecule has 1 aromatic carbocycles. The Morgan fingerprint density at radius 3 is 2.25 bits per heavy atom. The highest BCUT2D eigenvalue weighted by atomic mass is 16.6. The fourth-order valence-electron chi connectivity index (χ4n) is 4.06. The Balaban J connectivity index is 1.75. The number of benzene rings is 1. The van der Waals surface area contributed by atoms with Crippen molar-refractivity contribution in [3.05, 3.63) is 66.5 Å². The van der Waals surface area contributed by atoms with Crippen molar-refractivity contribution < 1.29 is 14.6 Å². The van der Waals surface area contributed by atoms with Crippen LogP contribution < -0.4 is 5.32 Å². The quantitative estimate of drug-likeness (QED) is 0.636. The molecule has 1 N–H and O–H groups in total. The molecule has 2 aliphatic rings. The zero-order chi connectivity index (χ0) is 19.8. The fraction of sp³-hybridized carbons (Fsp3) is 0.368. The van der Waals surface area contributed by atoms with Gasteiger partial charge in [-0.1, -0.05) is 0 Å². The maximum atomic E-state index is 12.9. The molecule has 9 nitrogen and oxygen atoms in total. The molecule has 0 radical (unpaired) electrons. The Labute approximate surface area is 160 Å². The summed E-state index contributed by atoms with van der Waals surface area (Å²) in [5.41, 5.74) is 3.56. The SMILES string of the molecule is O=C(Nc1c2c(nc3c1CCC3)CCCC2)c1ccc([N+](=O)[O-])cc1[N+](=O)[O-]. The highest BCUT2D eigenvalue weighted by Crippen LogP contribution is 2.36. The third-order valence-corrected chi connectivity index (χ3v) is 5.37. The van der Waals surface area contributed by atoms with Crippen LogP contribution in [0.3, 0.4) is 0 Å². The molecule has 1 heterocycles. The molecule has 144 valence electrons. The second kappa shape index (κ2) is 6.99. The Bertz CT molecular complexity index is 1020. The highest BCUT2D eigenvalue weighted by molar-refractivity contribution is 6.08. The van der Waals surface area contributed by atoms with Crippen LogP contribution in [0.2, 0.25) is 0 Å². The molecule has 1 amide bonds. The number of fused-ring (bicyclic) bond motifs is 2. The summed E-state index contributed by atoms with van der Waals surface area (Å²) in [6.07, 6.45) is 6.38. The predicted octanol–water partition coefficient (Wildman–Crippen LogP) is 3.52. The fourth-order valence-corrected chi connectivity index (χ4v) is 4.06. The standard InChI is InChI=1S/C19H18N4O5/c24-19(14-9-8-11(22(25)26)10-17(14)23(27)28)21-18-12-4-1-2-6-15(12)20-16-7-3-5-13(16)18/h8-10H,1-7H2,(H,20,21,24). The van der Waals surface area contributed by atoms with E-state index >= 15 is 0 Å². The lowest BCUT2D eigenvalue weighted by Crippen LogP contribution is -2.19. The summed E-state index contributed by atoms with van der Waals surface area (Å²) in [6, 6.07) is 3.06. The maximum absolute atomic E-state index is 12.9. The summed E-state index contributed by atoms with van der Waals surface area (Å²) in [5.74, 6) is -0.630. The predicted molar refractivity (Wildman–Crippen MR) is 101 cm³/mol. The summed E-state index contributed by atoms with van der Waals surface area (Å²) in [7, 11) is 0. The van der Waals surface area contributed by atoms with Crippen LogP contribution in [0.15, 0.2) is 18.2 Å². The Hall–Kier alpha value is -3.36. The molecule has 0 saturated heterocycles. The van der Waals surface area contributed by atoms with Crippen LogP contribution in [0.25, 0.3) is 0 Å². The topological polar surface area (TPSA) is 128 Å². The van der Waals surface area contributed by atoms with Crippen molar-refractivity contribution in [3.8, 4) is 0 Å². The van der Waals surface area contributed by atoms with E-state index in [-0.39, 0.29) is 5.56 Å². The van der Waals surface area contributed by atoms with Gasteiger partial charge in [-0.15, -0.1) is 0 Å². The number of amides is 1. The minimum absolute atomic E-state index is 0.191. The number of nitrogens with one attached hydrogen (secondary N) is 1. The van der Waals surface area contributed by atoms with Crippen LogP contribution in [-0.2, 0) is 25.7 Å². The van der Waals surface area contributed by atoms with Gasteiger partial charge in [-0.3, -0.25) is 30.0 Å². The van der Waals surface area contributed by atoms with E-state index in [1.165, 1.54) is 0 Å². The molecule has 0 atom stereocenters. The first kappa shape index (κ1) is 18.0. The highest BCUT2D eigenvalue weighted by Gasteiger charge is 2.28. The number of nitro groups is 2. The Morgan fingerprint density at radius 1 is 0.929 bits per heavy atom. The zero-order valence-corrected chi connectivity index (χ0v) is 15.1.